The lowest BCUT2D eigenvalue weighted by Crippen LogP contribution is -2.04. The normalized spacial score (nSPS) is 10.9. The Morgan fingerprint density at radius 3 is 3.06 bits per heavy atom. The number of hydrogen-bond acceptors (Lipinski definition) is 6. The van der Waals surface area contributed by atoms with E-state index in [-0.39, 0.29) is 5.95 Å². The van der Waals surface area contributed by atoms with Crippen LogP contribution in [0.5, 0.6) is 0 Å². The minimum absolute atomic E-state index is 0.207. The lowest BCUT2D eigenvalue weighted by molar-refractivity contribution is 1.09. The van der Waals surface area contributed by atoms with Crippen LogP contribution in [0.1, 0.15) is 4.88 Å². The van der Waals surface area contributed by atoms with E-state index >= 15 is 0 Å². The molecule has 3 aromatic heterocycles. The van der Waals surface area contributed by atoms with Crippen LogP contribution < -0.4 is 11.1 Å². The van der Waals surface area contributed by atoms with Crippen LogP contribution >= 0.6 is 22.9 Å². The van der Waals surface area contributed by atoms with E-state index in [2.05, 4.69) is 25.5 Å². The highest BCUT2D eigenvalue weighted by atomic mass is 35.5. The highest BCUT2D eigenvalue weighted by Gasteiger charge is 2.08. The molecule has 3 aromatic rings. The van der Waals surface area contributed by atoms with Crippen molar-refractivity contribution in [2.75, 3.05) is 11.1 Å². The van der Waals surface area contributed by atoms with Gasteiger partial charge in [0.05, 0.1) is 22.5 Å². The summed E-state index contributed by atoms with van der Waals surface area (Å²) in [4.78, 5) is 9.33. The van der Waals surface area contributed by atoms with E-state index < -0.39 is 0 Å². The van der Waals surface area contributed by atoms with Crippen molar-refractivity contribution < 1.29 is 0 Å². The standard InChI is InChI=1S/C10H9ClN6S/c11-7-2-1-5(18-7)3-13-8-6-4-14-17-9(6)16-10(12)15-8/h1-2,4H,3H2,(H4,12,13,14,15,16,17). The number of aromatic amines is 1. The predicted octanol–water partition coefficient (Wildman–Crippen LogP) is 2.26. The third kappa shape index (κ3) is 2.09. The zero-order valence-corrected chi connectivity index (χ0v) is 10.7. The molecule has 0 aromatic carbocycles. The van der Waals surface area contributed by atoms with Gasteiger partial charge in [-0.1, -0.05) is 11.6 Å². The first-order valence-electron chi connectivity index (χ1n) is 5.17. The highest BCUT2D eigenvalue weighted by molar-refractivity contribution is 7.16. The van der Waals surface area contributed by atoms with Crippen molar-refractivity contribution in [1.82, 2.24) is 20.2 Å². The number of rotatable bonds is 3. The molecule has 0 fully saturated rings. The molecule has 0 bridgehead atoms. The Morgan fingerprint density at radius 2 is 2.28 bits per heavy atom. The van der Waals surface area contributed by atoms with E-state index in [1.54, 1.807) is 6.20 Å². The maximum Gasteiger partial charge on any atom is 0.224 e. The number of hydrogen-bond donors (Lipinski definition) is 3. The van der Waals surface area contributed by atoms with E-state index in [1.807, 2.05) is 12.1 Å². The molecule has 4 N–H and O–H groups in total. The minimum Gasteiger partial charge on any atom is -0.368 e. The number of anilines is 2. The van der Waals surface area contributed by atoms with Crippen LogP contribution in [-0.2, 0) is 6.54 Å². The van der Waals surface area contributed by atoms with Crippen LogP contribution in [0.15, 0.2) is 18.3 Å². The van der Waals surface area contributed by atoms with Crippen molar-refractivity contribution in [2.45, 2.75) is 6.54 Å². The molecule has 8 heteroatoms. The summed E-state index contributed by atoms with van der Waals surface area (Å²) in [5, 5.41) is 10.7. The monoisotopic (exact) mass is 280 g/mol. The van der Waals surface area contributed by atoms with Crippen molar-refractivity contribution in [2.24, 2.45) is 0 Å². The number of nitrogens with two attached hydrogens (primary N) is 1. The van der Waals surface area contributed by atoms with Crippen LogP contribution in [0.2, 0.25) is 4.34 Å². The lowest BCUT2D eigenvalue weighted by atomic mass is 10.4. The maximum absolute atomic E-state index is 5.88. The largest absolute Gasteiger partial charge is 0.368 e. The zero-order chi connectivity index (χ0) is 12.5. The molecule has 0 atom stereocenters. The molecular weight excluding hydrogens is 272 g/mol. The number of aromatic nitrogens is 4. The molecule has 0 radical (unpaired) electrons. The molecule has 6 nitrogen and oxygen atoms in total. The Bertz CT molecular complexity index is 691. The third-order valence-electron chi connectivity index (χ3n) is 2.39. The summed E-state index contributed by atoms with van der Waals surface area (Å²) in [6.07, 6.45) is 1.67. The Hall–Kier alpha value is -1.86. The fraction of sp³-hybridized carbons (Fsp3) is 0.100. The number of nitrogen functional groups attached to an aromatic ring is 1. The summed E-state index contributed by atoms with van der Waals surface area (Å²) >= 11 is 7.40. The highest BCUT2D eigenvalue weighted by Crippen LogP contribution is 2.24. The molecule has 18 heavy (non-hydrogen) atoms. The summed E-state index contributed by atoms with van der Waals surface area (Å²) in [5.74, 6) is 0.870. The topological polar surface area (TPSA) is 92.5 Å². The average Bonchev–Trinajstić information content (AvgIpc) is 2.94. The van der Waals surface area contributed by atoms with Crippen molar-refractivity contribution in [3.8, 4) is 0 Å². The summed E-state index contributed by atoms with van der Waals surface area (Å²) in [5.41, 5.74) is 6.25. The molecule has 0 unspecified atom stereocenters. The number of nitrogens with zero attached hydrogens (tertiary/aromatic N) is 3. The molecule has 0 saturated carbocycles. The van der Waals surface area contributed by atoms with Gasteiger partial charge in [-0.2, -0.15) is 15.1 Å². The average molecular weight is 281 g/mol. The summed E-state index contributed by atoms with van der Waals surface area (Å²) in [6, 6.07) is 3.84. The number of fused-ring (bicyclic) bond motifs is 1. The van der Waals surface area contributed by atoms with E-state index in [1.165, 1.54) is 11.3 Å². The van der Waals surface area contributed by atoms with Crippen molar-refractivity contribution in [1.29, 1.82) is 0 Å². The molecule has 0 aliphatic heterocycles. The number of thiophene rings is 1. The molecular formula is C10H9ClN6S. The second-order valence-electron chi connectivity index (χ2n) is 3.62. The molecule has 3 heterocycles. The quantitative estimate of drug-likeness (QED) is 0.684. The van der Waals surface area contributed by atoms with E-state index in [9.17, 15) is 0 Å². The van der Waals surface area contributed by atoms with Gasteiger partial charge in [0.1, 0.15) is 5.82 Å². The number of halogens is 1. The van der Waals surface area contributed by atoms with Crippen LogP contribution in [0, 0.1) is 0 Å². The van der Waals surface area contributed by atoms with Gasteiger partial charge in [0, 0.05) is 4.88 Å². The fourth-order valence-corrected chi connectivity index (χ4v) is 2.63. The lowest BCUT2D eigenvalue weighted by Gasteiger charge is -2.05. The fourth-order valence-electron chi connectivity index (χ4n) is 1.60. The Balaban J connectivity index is 1.87. The van der Waals surface area contributed by atoms with Gasteiger partial charge >= 0.3 is 0 Å². The number of H-pyrrole nitrogens is 1. The number of nitrogens with one attached hydrogen (secondary N) is 2. The van der Waals surface area contributed by atoms with E-state index in [0.29, 0.717) is 18.0 Å². The van der Waals surface area contributed by atoms with Crippen LogP contribution in [0.25, 0.3) is 11.0 Å². The van der Waals surface area contributed by atoms with Gasteiger partial charge in [0.25, 0.3) is 0 Å². The van der Waals surface area contributed by atoms with Gasteiger partial charge in [0.2, 0.25) is 5.95 Å². The van der Waals surface area contributed by atoms with Crippen LogP contribution in [0.3, 0.4) is 0 Å². The molecule has 0 spiro atoms. The van der Waals surface area contributed by atoms with E-state index in [0.717, 1.165) is 14.6 Å². The predicted molar refractivity (Wildman–Crippen MR) is 72.8 cm³/mol. The summed E-state index contributed by atoms with van der Waals surface area (Å²) < 4.78 is 0.766. The third-order valence-corrected chi connectivity index (χ3v) is 3.62. The van der Waals surface area contributed by atoms with Gasteiger partial charge in [-0.25, -0.2) is 0 Å². The van der Waals surface area contributed by atoms with Crippen molar-refractivity contribution >= 4 is 45.7 Å². The van der Waals surface area contributed by atoms with Gasteiger partial charge < -0.3 is 11.1 Å². The van der Waals surface area contributed by atoms with Gasteiger partial charge in [-0.05, 0) is 12.1 Å². The van der Waals surface area contributed by atoms with Crippen LogP contribution in [-0.4, -0.2) is 20.2 Å². The molecule has 0 aliphatic rings. The zero-order valence-electron chi connectivity index (χ0n) is 9.14. The first-order valence-corrected chi connectivity index (χ1v) is 6.36. The Kier molecular flexibility index (Phi) is 2.77. The second kappa shape index (κ2) is 4.43. The van der Waals surface area contributed by atoms with Crippen molar-refractivity contribution in [3.63, 3.8) is 0 Å². The van der Waals surface area contributed by atoms with Crippen LogP contribution in [0.4, 0.5) is 11.8 Å². The van der Waals surface area contributed by atoms with Gasteiger partial charge in [-0.15, -0.1) is 11.3 Å². The first kappa shape index (κ1) is 11.2. The minimum atomic E-state index is 0.207. The second-order valence-corrected chi connectivity index (χ2v) is 5.42. The molecule has 0 saturated heterocycles. The Labute approximate surface area is 111 Å². The molecule has 0 amide bonds. The smallest absolute Gasteiger partial charge is 0.224 e. The SMILES string of the molecule is Nc1nc(NCc2ccc(Cl)s2)c2cn[nH]c2n1. The first-order chi connectivity index (χ1) is 8.72. The molecule has 92 valence electrons. The maximum atomic E-state index is 5.88. The van der Waals surface area contributed by atoms with Gasteiger partial charge in [-0.3, -0.25) is 5.10 Å². The van der Waals surface area contributed by atoms with E-state index in [4.69, 9.17) is 17.3 Å². The van der Waals surface area contributed by atoms with Crippen molar-refractivity contribution in [3.05, 3.63) is 27.5 Å². The van der Waals surface area contributed by atoms with Gasteiger partial charge in [0.15, 0.2) is 5.65 Å². The summed E-state index contributed by atoms with van der Waals surface area (Å²) in [6.45, 7) is 0.633. The molecule has 0 aliphatic carbocycles. The molecule has 3 rings (SSSR count). The Morgan fingerprint density at radius 1 is 1.39 bits per heavy atom. The summed E-state index contributed by atoms with van der Waals surface area (Å²) in [7, 11) is 0.